The van der Waals surface area contributed by atoms with Crippen molar-refractivity contribution in [3.63, 3.8) is 0 Å². The third kappa shape index (κ3) is 3.46. The molecule has 4 N–H and O–H groups in total. The van der Waals surface area contributed by atoms with Crippen LogP contribution in [-0.4, -0.2) is 16.1 Å². The van der Waals surface area contributed by atoms with Crippen LogP contribution in [0.1, 0.15) is 0 Å². The molecule has 0 atom stereocenters. The number of aromatic hydroxyl groups is 1. The molecule has 126 valence electrons. The lowest BCUT2D eigenvalue weighted by Crippen LogP contribution is -2.30. The molecule has 0 aliphatic rings. The van der Waals surface area contributed by atoms with Gasteiger partial charge in [0.2, 0.25) is 0 Å². The monoisotopic (exact) mass is 357 g/mol. The van der Waals surface area contributed by atoms with Gasteiger partial charge in [-0.15, -0.1) is 0 Å². The molecule has 3 aromatic rings. The van der Waals surface area contributed by atoms with E-state index >= 15 is 0 Å². The first kappa shape index (κ1) is 16.5. The zero-order valence-electron chi connectivity index (χ0n) is 12.7. The Balaban J connectivity index is 2.01. The van der Waals surface area contributed by atoms with Gasteiger partial charge in [0.1, 0.15) is 5.69 Å². The highest BCUT2D eigenvalue weighted by molar-refractivity contribution is 6.30. The fourth-order valence-corrected chi connectivity index (χ4v) is 2.38. The zero-order chi connectivity index (χ0) is 18.0. The largest absolute Gasteiger partial charge is 0.505 e. The molecule has 7 nitrogen and oxygen atoms in total. The van der Waals surface area contributed by atoms with Crippen molar-refractivity contribution in [3.8, 4) is 5.75 Å². The van der Waals surface area contributed by atoms with Gasteiger partial charge >= 0.3 is 6.03 Å². The molecule has 25 heavy (non-hydrogen) atoms. The molecule has 8 heteroatoms. The maximum atomic E-state index is 12.2. The number of urea groups is 1. The fraction of sp³-hybridized carbons (Fsp3) is 0. The van der Waals surface area contributed by atoms with E-state index in [1.54, 1.807) is 36.4 Å². The van der Waals surface area contributed by atoms with Crippen molar-refractivity contribution in [2.24, 2.45) is 0 Å². The molecule has 0 spiro atoms. The summed E-state index contributed by atoms with van der Waals surface area (Å²) in [5, 5.41) is 15.8. The molecule has 0 bridgehead atoms. The highest BCUT2D eigenvalue weighted by Gasteiger charge is 2.15. The number of hydrogen-bond acceptors (Lipinski definition) is 4. The summed E-state index contributed by atoms with van der Waals surface area (Å²) in [6, 6.07) is 11.8. The second-order valence-corrected chi connectivity index (χ2v) is 5.57. The third-order valence-electron chi connectivity index (χ3n) is 3.44. The topological polar surface area (TPSA) is 111 Å². The predicted molar refractivity (Wildman–Crippen MR) is 96.6 cm³/mol. The SMILES string of the molecule is O=C(Nc1ccc(Cl)cc1)Nc1c(O)c2ccccc2[nH]c(=O)c1=O. The van der Waals surface area contributed by atoms with Gasteiger partial charge in [-0.25, -0.2) is 4.79 Å². The normalized spacial score (nSPS) is 10.4. The number of nitrogens with one attached hydrogen (secondary N) is 3. The number of rotatable bonds is 2. The standard InChI is InChI=1S/C17H12ClN3O4/c18-9-5-7-10(8-6-9)19-17(25)21-13-14(22)11-3-1-2-4-12(11)20-16(24)15(13)23/h1-8H,(H4,19,20,21,22,23,24,25). The van der Waals surface area contributed by atoms with E-state index in [-0.39, 0.29) is 10.9 Å². The van der Waals surface area contributed by atoms with Gasteiger partial charge < -0.3 is 20.7 Å². The molecule has 0 fully saturated rings. The van der Waals surface area contributed by atoms with Crippen LogP contribution in [0, 0.1) is 0 Å². The second kappa shape index (κ2) is 6.66. The number of anilines is 2. The second-order valence-electron chi connectivity index (χ2n) is 5.14. The van der Waals surface area contributed by atoms with Crippen molar-refractivity contribution in [3.05, 3.63) is 74.1 Å². The number of aromatic amines is 1. The Bertz CT molecular complexity index is 1080. The highest BCUT2D eigenvalue weighted by atomic mass is 35.5. The Morgan fingerprint density at radius 2 is 1.68 bits per heavy atom. The Morgan fingerprint density at radius 3 is 2.40 bits per heavy atom. The average molecular weight is 358 g/mol. The molecule has 1 heterocycles. The minimum absolute atomic E-state index is 0.225. The Hall–Kier alpha value is -3.32. The maximum absolute atomic E-state index is 12.2. The van der Waals surface area contributed by atoms with Crippen molar-refractivity contribution in [2.45, 2.75) is 0 Å². The number of fused-ring (bicyclic) bond motifs is 1. The Labute approximate surface area is 145 Å². The average Bonchev–Trinajstić information content (AvgIpc) is 2.68. The summed E-state index contributed by atoms with van der Waals surface area (Å²) in [5.41, 5.74) is -1.83. The predicted octanol–water partition coefficient (Wildman–Crippen LogP) is 2.89. The minimum Gasteiger partial charge on any atom is -0.505 e. The number of carbonyl (C=O) groups excluding carboxylic acids is 1. The Kier molecular flexibility index (Phi) is 4.40. The van der Waals surface area contributed by atoms with E-state index in [1.165, 1.54) is 12.1 Å². The summed E-state index contributed by atoms with van der Waals surface area (Å²) in [6.45, 7) is 0. The quantitative estimate of drug-likeness (QED) is 0.528. The van der Waals surface area contributed by atoms with Crippen molar-refractivity contribution in [1.82, 2.24) is 4.98 Å². The number of hydrogen-bond donors (Lipinski definition) is 4. The lowest BCUT2D eigenvalue weighted by molar-refractivity contribution is 0.262. The summed E-state index contributed by atoms with van der Waals surface area (Å²) in [4.78, 5) is 38.6. The van der Waals surface area contributed by atoms with Crippen LogP contribution in [-0.2, 0) is 0 Å². The van der Waals surface area contributed by atoms with E-state index in [1.807, 2.05) is 0 Å². The van der Waals surface area contributed by atoms with Gasteiger partial charge in [0, 0.05) is 16.1 Å². The lowest BCUT2D eigenvalue weighted by Gasteiger charge is -2.07. The molecule has 3 rings (SSSR count). The first-order chi connectivity index (χ1) is 12.0. The first-order valence-corrected chi connectivity index (χ1v) is 7.55. The number of carbonyl (C=O) groups is 1. The van der Waals surface area contributed by atoms with E-state index in [0.29, 0.717) is 10.7 Å². The molecule has 0 saturated carbocycles. The molecule has 2 amide bonds. The van der Waals surface area contributed by atoms with Gasteiger partial charge in [-0.05, 0) is 36.4 Å². The number of para-hydroxylation sites is 1. The molecule has 0 radical (unpaired) electrons. The summed E-state index contributed by atoms with van der Waals surface area (Å²) in [6.07, 6.45) is 0. The van der Waals surface area contributed by atoms with E-state index in [2.05, 4.69) is 15.6 Å². The lowest BCUT2D eigenvalue weighted by atomic mass is 10.2. The van der Waals surface area contributed by atoms with Crippen molar-refractivity contribution in [2.75, 3.05) is 10.6 Å². The molecule has 2 aromatic carbocycles. The molecule has 0 unspecified atom stereocenters. The van der Waals surface area contributed by atoms with Crippen LogP contribution < -0.4 is 21.6 Å². The minimum atomic E-state index is -1.06. The van der Waals surface area contributed by atoms with E-state index in [9.17, 15) is 19.5 Å². The van der Waals surface area contributed by atoms with Crippen LogP contribution in [0.4, 0.5) is 16.2 Å². The number of H-pyrrole nitrogens is 1. The van der Waals surface area contributed by atoms with Gasteiger partial charge in [-0.3, -0.25) is 9.59 Å². The summed E-state index contributed by atoms with van der Waals surface area (Å²) in [7, 11) is 0. The van der Waals surface area contributed by atoms with Crippen LogP contribution in [0.2, 0.25) is 5.02 Å². The van der Waals surface area contributed by atoms with E-state index in [0.717, 1.165) is 0 Å². The molecule has 0 aliphatic carbocycles. The van der Waals surface area contributed by atoms with Crippen molar-refractivity contribution in [1.29, 1.82) is 0 Å². The third-order valence-corrected chi connectivity index (χ3v) is 3.69. The van der Waals surface area contributed by atoms with Gasteiger partial charge in [0.05, 0.1) is 5.52 Å². The van der Waals surface area contributed by atoms with Crippen LogP contribution in [0.25, 0.3) is 10.9 Å². The number of benzene rings is 2. The van der Waals surface area contributed by atoms with E-state index < -0.39 is 28.5 Å². The van der Waals surface area contributed by atoms with Crippen LogP contribution in [0.5, 0.6) is 5.75 Å². The van der Waals surface area contributed by atoms with Crippen LogP contribution in [0.15, 0.2) is 58.1 Å². The molecular formula is C17H12ClN3O4. The zero-order valence-corrected chi connectivity index (χ0v) is 13.4. The summed E-state index contributed by atoms with van der Waals surface area (Å²) >= 11 is 5.77. The number of halogens is 1. The van der Waals surface area contributed by atoms with Gasteiger partial charge in [0.25, 0.3) is 11.0 Å². The smallest absolute Gasteiger partial charge is 0.323 e. The summed E-state index contributed by atoms with van der Waals surface area (Å²) in [5.74, 6) is -0.495. The molecule has 1 aromatic heterocycles. The first-order valence-electron chi connectivity index (χ1n) is 7.17. The molecule has 0 saturated heterocycles. The number of amides is 2. The van der Waals surface area contributed by atoms with Gasteiger partial charge in [0.15, 0.2) is 5.75 Å². The van der Waals surface area contributed by atoms with Crippen LogP contribution >= 0.6 is 11.6 Å². The fourth-order valence-electron chi connectivity index (χ4n) is 2.26. The number of aromatic nitrogens is 1. The summed E-state index contributed by atoms with van der Waals surface area (Å²) < 4.78 is 0. The van der Waals surface area contributed by atoms with Crippen molar-refractivity contribution >= 4 is 39.9 Å². The van der Waals surface area contributed by atoms with Gasteiger partial charge in [-0.2, -0.15) is 0 Å². The van der Waals surface area contributed by atoms with Crippen molar-refractivity contribution < 1.29 is 9.90 Å². The van der Waals surface area contributed by atoms with Gasteiger partial charge in [-0.1, -0.05) is 23.7 Å². The molecular weight excluding hydrogens is 346 g/mol. The maximum Gasteiger partial charge on any atom is 0.323 e. The van der Waals surface area contributed by atoms with E-state index in [4.69, 9.17) is 11.6 Å². The Morgan fingerprint density at radius 1 is 1.00 bits per heavy atom. The van der Waals surface area contributed by atoms with Crippen LogP contribution in [0.3, 0.4) is 0 Å². The molecule has 0 aliphatic heterocycles. The highest BCUT2D eigenvalue weighted by Crippen LogP contribution is 2.26.